The first-order valence-electron chi connectivity index (χ1n) is 5.75. The van der Waals surface area contributed by atoms with Gasteiger partial charge in [0.15, 0.2) is 0 Å². The third-order valence-electron chi connectivity index (χ3n) is 2.87. The summed E-state index contributed by atoms with van der Waals surface area (Å²) in [4.78, 5) is 0. The number of hydrogen-bond acceptors (Lipinski definition) is 2. The highest BCUT2D eigenvalue weighted by Crippen LogP contribution is 2.27. The molecule has 100 valence electrons. The Hall–Kier alpha value is -0.750. The minimum Gasteiger partial charge on any atom is -0.271 e. The lowest BCUT2D eigenvalue weighted by Crippen LogP contribution is -2.29. The molecule has 0 fully saturated rings. The van der Waals surface area contributed by atoms with E-state index in [1.165, 1.54) is 12.1 Å². The normalized spacial score (nSPS) is 12.4. The Morgan fingerprint density at radius 2 is 1.95 bits per heavy atom. The lowest BCUT2D eigenvalue weighted by atomic mass is 9.99. The van der Waals surface area contributed by atoms with E-state index in [0.717, 1.165) is 22.0 Å². The molecule has 0 aliphatic carbocycles. The molecule has 2 aromatic rings. The zero-order chi connectivity index (χ0) is 13.8. The topological polar surface area (TPSA) is 38.0 Å². The Kier molecular flexibility index (Phi) is 5.10. The molecular weight excluding hydrogens is 375 g/mol. The van der Waals surface area contributed by atoms with Crippen LogP contribution in [0, 0.1) is 5.82 Å². The Bertz CT molecular complexity index is 575. The van der Waals surface area contributed by atoms with Crippen LogP contribution in [0.25, 0.3) is 0 Å². The fourth-order valence-corrected chi connectivity index (χ4v) is 3.02. The monoisotopic (exact) mass is 386 g/mol. The highest BCUT2D eigenvalue weighted by Gasteiger charge is 2.14. The van der Waals surface area contributed by atoms with Gasteiger partial charge in [0.05, 0.1) is 6.04 Å². The maximum absolute atomic E-state index is 13.1. The van der Waals surface area contributed by atoms with Crippen molar-refractivity contribution in [3.05, 3.63) is 68.4 Å². The summed E-state index contributed by atoms with van der Waals surface area (Å²) in [6.45, 7) is 0. The number of hydrazine groups is 1. The summed E-state index contributed by atoms with van der Waals surface area (Å²) in [5, 5.41) is 0. The van der Waals surface area contributed by atoms with E-state index in [1.807, 2.05) is 24.3 Å². The van der Waals surface area contributed by atoms with Crippen LogP contribution in [0.1, 0.15) is 17.2 Å². The predicted molar refractivity (Wildman–Crippen MR) is 82.0 cm³/mol. The minimum absolute atomic E-state index is 0.0794. The number of rotatable bonds is 4. The molecule has 3 N–H and O–H groups in total. The van der Waals surface area contributed by atoms with E-state index in [1.54, 1.807) is 6.07 Å². The maximum atomic E-state index is 13.1. The van der Waals surface area contributed by atoms with Crippen LogP contribution in [0.3, 0.4) is 0 Å². The van der Waals surface area contributed by atoms with Crippen molar-refractivity contribution in [3.8, 4) is 0 Å². The number of nitrogens with one attached hydrogen (secondary N) is 1. The summed E-state index contributed by atoms with van der Waals surface area (Å²) in [7, 11) is 0. The molecule has 0 aliphatic rings. The molecule has 2 aromatic carbocycles. The second-order valence-corrected chi connectivity index (χ2v) is 5.99. The molecule has 0 saturated carbocycles. The molecule has 1 unspecified atom stereocenters. The van der Waals surface area contributed by atoms with E-state index in [9.17, 15) is 4.39 Å². The molecule has 19 heavy (non-hydrogen) atoms. The van der Waals surface area contributed by atoms with Gasteiger partial charge in [-0.1, -0.05) is 50.1 Å². The predicted octanol–water partition coefficient (Wildman–Crippen LogP) is 4.10. The molecular formula is C14H13Br2FN2. The first-order valence-corrected chi connectivity index (χ1v) is 7.34. The Morgan fingerprint density at radius 1 is 1.16 bits per heavy atom. The second kappa shape index (κ2) is 6.61. The molecule has 2 nitrogen and oxygen atoms in total. The van der Waals surface area contributed by atoms with Gasteiger partial charge in [0, 0.05) is 8.95 Å². The fraction of sp³-hybridized carbons (Fsp3) is 0.143. The van der Waals surface area contributed by atoms with Crippen LogP contribution < -0.4 is 11.3 Å². The number of hydrogen-bond donors (Lipinski definition) is 2. The molecule has 0 aliphatic heterocycles. The van der Waals surface area contributed by atoms with Gasteiger partial charge in [-0.15, -0.1) is 0 Å². The third kappa shape index (κ3) is 3.86. The molecule has 0 aromatic heterocycles. The van der Waals surface area contributed by atoms with Crippen molar-refractivity contribution in [3.63, 3.8) is 0 Å². The van der Waals surface area contributed by atoms with Crippen molar-refractivity contribution >= 4 is 31.9 Å². The van der Waals surface area contributed by atoms with Crippen LogP contribution in [0.5, 0.6) is 0 Å². The minimum atomic E-state index is -0.270. The van der Waals surface area contributed by atoms with Gasteiger partial charge in [0.1, 0.15) is 5.82 Å². The summed E-state index contributed by atoms with van der Waals surface area (Å²) in [6.07, 6.45) is 0.722. The molecule has 1 atom stereocenters. The zero-order valence-electron chi connectivity index (χ0n) is 10.0. The maximum Gasteiger partial charge on any atom is 0.124 e. The van der Waals surface area contributed by atoms with Crippen molar-refractivity contribution in [2.75, 3.05) is 0 Å². The van der Waals surface area contributed by atoms with Crippen LogP contribution in [0.4, 0.5) is 4.39 Å². The molecule has 5 heteroatoms. The third-order valence-corrected chi connectivity index (χ3v) is 4.05. The second-order valence-electron chi connectivity index (χ2n) is 4.22. The molecule has 0 bridgehead atoms. The Morgan fingerprint density at radius 3 is 2.58 bits per heavy atom. The summed E-state index contributed by atoms with van der Waals surface area (Å²) in [5.41, 5.74) is 4.86. The summed E-state index contributed by atoms with van der Waals surface area (Å²) < 4.78 is 14.8. The summed E-state index contributed by atoms with van der Waals surface area (Å²) in [6, 6.07) is 12.6. The van der Waals surface area contributed by atoms with Gasteiger partial charge in [-0.25, -0.2) is 4.39 Å². The van der Waals surface area contributed by atoms with Gasteiger partial charge >= 0.3 is 0 Å². The quantitative estimate of drug-likeness (QED) is 0.612. The van der Waals surface area contributed by atoms with Crippen molar-refractivity contribution in [2.45, 2.75) is 12.5 Å². The van der Waals surface area contributed by atoms with Crippen molar-refractivity contribution in [1.82, 2.24) is 5.43 Å². The lowest BCUT2D eigenvalue weighted by Gasteiger charge is -2.18. The average molecular weight is 388 g/mol. The Labute approximate surface area is 128 Å². The number of halogens is 3. The van der Waals surface area contributed by atoms with Gasteiger partial charge in [0.2, 0.25) is 0 Å². The van der Waals surface area contributed by atoms with Crippen LogP contribution in [-0.4, -0.2) is 0 Å². The van der Waals surface area contributed by atoms with E-state index >= 15 is 0 Å². The van der Waals surface area contributed by atoms with E-state index < -0.39 is 0 Å². The van der Waals surface area contributed by atoms with Crippen molar-refractivity contribution in [2.24, 2.45) is 5.84 Å². The molecule has 0 amide bonds. The van der Waals surface area contributed by atoms with Gasteiger partial charge < -0.3 is 0 Å². The number of benzene rings is 2. The van der Waals surface area contributed by atoms with E-state index in [4.69, 9.17) is 5.84 Å². The largest absolute Gasteiger partial charge is 0.271 e. The van der Waals surface area contributed by atoms with Crippen LogP contribution >= 0.6 is 31.9 Å². The Balaban J connectivity index is 2.25. The van der Waals surface area contributed by atoms with Gasteiger partial charge in [-0.3, -0.25) is 11.3 Å². The summed E-state index contributed by atoms with van der Waals surface area (Å²) >= 11 is 6.82. The molecule has 0 saturated heterocycles. The van der Waals surface area contributed by atoms with E-state index in [-0.39, 0.29) is 11.9 Å². The van der Waals surface area contributed by atoms with Gasteiger partial charge in [-0.05, 0) is 41.8 Å². The number of nitrogens with two attached hydrogens (primary N) is 1. The van der Waals surface area contributed by atoms with E-state index in [0.29, 0.717) is 4.47 Å². The van der Waals surface area contributed by atoms with Crippen LogP contribution in [0.2, 0.25) is 0 Å². The first-order chi connectivity index (χ1) is 9.10. The highest BCUT2D eigenvalue weighted by atomic mass is 79.9. The first kappa shape index (κ1) is 14.7. The molecule has 0 radical (unpaired) electrons. The van der Waals surface area contributed by atoms with E-state index in [2.05, 4.69) is 37.3 Å². The molecule has 2 rings (SSSR count). The van der Waals surface area contributed by atoms with Crippen molar-refractivity contribution in [1.29, 1.82) is 0 Å². The van der Waals surface area contributed by atoms with Crippen LogP contribution in [-0.2, 0) is 6.42 Å². The van der Waals surface area contributed by atoms with Gasteiger partial charge in [-0.2, -0.15) is 0 Å². The standard InChI is InChI=1S/C14H13Br2FN2/c15-10-3-1-2-9(6-10)7-14(19-18)12-5-4-11(17)8-13(12)16/h1-6,8,14,19H,7,18H2. The average Bonchev–Trinajstić information content (AvgIpc) is 2.37. The zero-order valence-corrected chi connectivity index (χ0v) is 13.2. The summed E-state index contributed by atoms with van der Waals surface area (Å²) in [5.74, 6) is 5.35. The highest BCUT2D eigenvalue weighted by molar-refractivity contribution is 9.10. The van der Waals surface area contributed by atoms with Crippen molar-refractivity contribution < 1.29 is 4.39 Å². The van der Waals surface area contributed by atoms with Crippen LogP contribution in [0.15, 0.2) is 51.4 Å². The fourth-order valence-electron chi connectivity index (χ4n) is 1.94. The smallest absolute Gasteiger partial charge is 0.124 e. The van der Waals surface area contributed by atoms with Gasteiger partial charge in [0.25, 0.3) is 0 Å². The SMILES string of the molecule is NNC(Cc1cccc(Br)c1)c1ccc(F)cc1Br. The molecule has 0 heterocycles. The molecule has 0 spiro atoms. The lowest BCUT2D eigenvalue weighted by molar-refractivity contribution is 0.547.